The minimum atomic E-state index is -2.48. The average Bonchev–Trinajstić information content (AvgIpc) is 3.38. The molecule has 240 valence electrons. The van der Waals surface area contributed by atoms with E-state index in [1.165, 1.54) is 7.11 Å². The Labute approximate surface area is 246 Å². The van der Waals surface area contributed by atoms with Gasteiger partial charge in [0, 0.05) is 7.11 Å². The Morgan fingerprint density at radius 1 is 0.786 bits per heavy atom. The molecule has 3 fully saturated rings. The van der Waals surface area contributed by atoms with E-state index in [0.29, 0.717) is 0 Å². The van der Waals surface area contributed by atoms with Crippen LogP contribution in [-0.4, -0.2) is 97.0 Å². The molecular formula is C29H46O13. The lowest BCUT2D eigenvalue weighted by Crippen LogP contribution is -2.67. The zero-order chi connectivity index (χ0) is 32.3. The summed E-state index contributed by atoms with van der Waals surface area (Å²) in [7, 11) is 1.26. The second kappa shape index (κ2) is 10.7. The normalized spacial score (nSPS) is 34.2. The second-order valence-electron chi connectivity index (χ2n) is 14.6. The monoisotopic (exact) mass is 602 g/mol. The lowest BCUT2D eigenvalue weighted by atomic mass is 9.77. The van der Waals surface area contributed by atoms with E-state index < -0.39 is 101 Å². The molecule has 3 aliphatic rings. The molecule has 0 unspecified atom stereocenters. The van der Waals surface area contributed by atoms with Crippen LogP contribution in [0, 0.1) is 16.2 Å². The van der Waals surface area contributed by atoms with Crippen LogP contribution in [0.5, 0.6) is 0 Å². The van der Waals surface area contributed by atoms with Gasteiger partial charge in [0.2, 0.25) is 11.4 Å². The van der Waals surface area contributed by atoms with Gasteiger partial charge in [0.05, 0.1) is 16.2 Å². The quantitative estimate of drug-likeness (QED) is 0.333. The lowest BCUT2D eigenvalue weighted by Gasteiger charge is -2.41. The van der Waals surface area contributed by atoms with Crippen molar-refractivity contribution in [2.24, 2.45) is 16.2 Å². The van der Waals surface area contributed by atoms with Crippen molar-refractivity contribution in [2.75, 3.05) is 26.9 Å². The molecule has 0 radical (unpaired) electrons. The van der Waals surface area contributed by atoms with Crippen LogP contribution in [0.15, 0.2) is 0 Å². The van der Waals surface area contributed by atoms with Crippen molar-refractivity contribution >= 4 is 23.9 Å². The molecule has 0 saturated carbocycles. The van der Waals surface area contributed by atoms with Crippen molar-refractivity contribution in [3.8, 4) is 0 Å². The Hall–Kier alpha value is -2.32. The molecule has 3 rings (SSSR count). The van der Waals surface area contributed by atoms with Gasteiger partial charge in [0.25, 0.3) is 0 Å². The molecule has 6 atom stereocenters. The maximum Gasteiger partial charge on any atom is 0.345 e. The first kappa shape index (κ1) is 34.2. The first-order chi connectivity index (χ1) is 18.9. The predicted molar refractivity (Wildman–Crippen MR) is 143 cm³/mol. The first-order valence-electron chi connectivity index (χ1n) is 13.9. The van der Waals surface area contributed by atoms with E-state index in [1.54, 1.807) is 76.2 Å². The van der Waals surface area contributed by atoms with Gasteiger partial charge in [-0.1, -0.05) is 0 Å². The summed E-state index contributed by atoms with van der Waals surface area (Å²) in [6.07, 6.45) is -4.17. The van der Waals surface area contributed by atoms with Gasteiger partial charge in [0.15, 0.2) is 17.5 Å². The third kappa shape index (κ3) is 5.90. The fourth-order valence-corrected chi connectivity index (χ4v) is 4.83. The SMILES string of the molecule is CO[C@@]1(COC(=O)C(C)(C)C)O[C@]2(C(=O)O[C@H](COC(=O)C(C)(C)C)[C@@]2(O)COC(=O)C(C)(C)C)[C@H]2OC(C)(C)O[C@H]21. The van der Waals surface area contributed by atoms with E-state index in [0.717, 1.165) is 0 Å². The molecule has 3 heterocycles. The average molecular weight is 603 g/mol. The number of fused-ring (bicyclic) bond motifs is 2. The summed E-state index contributed by atoms with van der Waals surface area (Å²) in [5, 5.41) is 12.4. The number of carbonyl (C=O) groups is 4. The largest absolute Gasteiger partial charge is 0.462 e. The van der Waals surface area contributed by atoms with Crippen LogP contribution in [-0.2, 0) is 57.1 Å². The maximum atomic E-state index is 13.9. The number of cyclic esters (lactones) is 1. The van der Waals surface area contributed by atoms with Crippen molar-refractivity contribution in [2.45, 2.75) is 117 Å². The van der Waals surface area contributed by atoms with Crippen LogP contribution in [0.1, 0.15) is 76.2 Å². The minimum absolute atomic E-state index is 0.545. The molecule has 1 spiro atoms. The van der Waals surface area contributed by atoms with Crippen molar-refractivity contribution in [3.05, 3.63) is 0 Å². The van der Waals surface area contributed by atoms with Crippen molar-refractivity contribution in [1.29, 1.82) is 0 Å². The molecular weight excluding hydrogens is 556 g/mol. The molecule has 3 aliphatic heterocycles. The van der Waals surface area contributed by atoms with Crippen molar-refractivity contribution in [1.82, 2.24) is 0 Å². The number of methoxy groups -OCH3 is 1. The van der Waals surface area contributed by atoms with Gasteiger partial charge < -0.3 is 43.0 Å². The van der Waals surface area contributed by atoms with E-state index in [-0.39, 0.29) is 0 Å². The second-order valence-corrected chi connectivity index (χ2v) is 14.6. The molecule has 1 N–H and O–H groups in total. The molecule has 0 aromatic rings. The predicted octanol–water partition coefficient (Wildman–Crippen LogP) is 2.04. The number of hydrogen-bond donors (Lipinski definition) is 1. The fraction of sp³-hybridized carbons (Fsp3) is 0.862. The van der Waals surface area contributed by atoms with Gasteiger partial charge in [-0.15, -0.1) is 0 Å². The zero-order valence-corrected chi connectivity index (χ0v) is 26.7. The van der Waals surface area contributed by atoms with E-state index in [2.05, 4.69) is 0 Å². The molecule has 3 saturated heterocycles. The molecule has 13 nitrogen and oxygen atoms in total. The molecule has 0 bridgehead atoms. The maximum absolute atomic E-state index is 13.9. The highest BCUT2D eigenvalue weighted by molar-refractivity contribution is 5.87. The number of hydrogen-bond acceptors (Lipinski definition) is 13. The summed E-state index contributed by atoms with van der Waals surface area (Å²) >= 11 is 0. The number of esters is 4. The molecule has 0 amide bonds. The summed E-state index contributed by atoms with van der Waals surface area (Å²) in [4.78, 5) is 52.0. The molecule has 0 aromatic heterocycles. The summed E-state index contributed by atoms with van der Waals surface area (Å²) in [6, 6.07) is 0. The Bertz CT molecular complexity index is 1090. The van der Waals surface area contributed by atoms with Crippen molar-refractivity contribution in [3.63, 3.8) is 0 Å². The summed E-state index contributed by atoms with van der Waals surface area (Å²) in [5.41, 5.74) is -7.66. The van der Waals surface area contributed by atoms with E-state index >= 15 is 0 Å². The van der Waals surface area contributed by atoms with Gasteiger partial charge >= 0.3 is 23.9 Å². The topological polar surface area (TPSA) is 162 Å². The third-order valence-corrected chi connectivity index (χ3v) is 7.37. The first-order valence-corrected chi connectivity index (χ1v) is 13.9. The van der Waals surface area contributed by atoms with Crippen LogP contribution >= 0.6 is 0 Å². The fourth-order valence-electron chi connectivity index (χ4n) is 4.83. The highest BCUT2D eigenvalue weighted by Crippen LogP contribution is 2.57. The summed E-state index contributed by atoms with van der Waals surface area (Å²) in [5.74, 6) is -6.27. The molecule has 13 heteroatoms. The van der Waals surface area contributed by atoms with Crippen LogP contribution in [0.4, 0.5) is 0 Å². The smallest absolute Gasteiger partial charge is 0.345 e. The van der Waals surface area contributed by atoms with Gasteiger partial charge in [-0.25, -0.2) is 4.79 Å². The third-order valence-electron chi connectivity index (χ3n) is 7.37. The molecule has 0 aromatic carbocycles. The highest BCUT2D eigenvalue weighted by atomic mass is 16.8. The van der Waals surface area contributed by atoms with Crippen LogP contribution < -0.4 is 0 Å². The highest BCUT2D eigenvalue weighted by Gasteiger charge is 2.84. The van der Waals surface area contributed by atoms with Gasteiger partial charge in [-0.2, -0.15) is 0 Å². The van der Waals surface area contributed by atoms with Gasteiger partial charge in [0.1, 0.15) is 32.0 Å². The Balaban J connectivity index is 2.11. The number of aliphatic hydroxyl groups is 1. The Morgan fingerprint density at radius 3 is 1.71 bits per heavy atom. The van der Waals surface area contributed by atoms with Gasteiger partial charge in [-0.05, 0) is 76.2 Å². The van der Waals surface area contributed by atoms with Crippen LogP contribution in [0.25, 0.3) is 0 Å². The van der Waals surface area contributed by atoms with Crippen molar-refractivity contribution < 1.29 is 62.2 Å². The number of ether oxygens (including phenoxy) is 8. The van der Waals surface area contributed by atoms with E-state index in [9.17, 15) is 24.3 Å². The zero-order valence-electron chi connectivity index (χ0n) is 26.7. The minimum Gasteiger partial charge on any atom is -0.462 e. The van der Waals surface area contributed by atoms with Crippen LogP contribution in [0.2, 0.25) is 0 Å². The standard InChI is InChI=1S/C29H46O13/c1-23(2,3)19(30)36-13-16-27(34,14-37-20(31)24(4,5)6)29(22(33)39-16)18-17(40-26(10,11)41-18)28(35-12,42-29)15-38-21(32)25(7,8)9/h16-18,34H,13-15H2,1-12H3/t16-,17-,18+,27+,28+,29+/m1/s1. The Morgan fingerprint density at radius 2 is 1.24 bits per heavy atom. The Kier molecular flexibility index (Phi) is 8.70. The summed E-state index contributed by atoms with van der Waals surface area (Å²) < 4.78 is 46.4. The van der Waals surface area contributed by atoms with Gasteiger partial charge in [-0.3, -0.25) is 14.4 Å². The van der Waals surface area contributed by atoms with Crippen LogP contribution in [0.3, 0.4) is 0 Å². The number of rotatable bonds is 7. The van der Waals surface area contributed by atoms with E-state index in [4.69, 9.17) is 37.9 Å². The van der Waals surface area contributed by atoms with E-state index in [1.807, 2.05) is 0 Å². The summed E-state index contributed by atoms with van der Waals surface area (Å²) in [6.45, 7) is 16.0. The molecule has 0 aliphatic carbocycles. The number of carbonyl (C=O) groups excluding carboxylic acids is 4. The lowest BCUT2D eigenvalue weighted by molar-refractivity contribution is -0.331. The molecule has 42 heavy (non-hydrogen) atoms.